The molecule has 0 amide bonds. The molecule has 1 aliphatic heterocycles. The lowest BCUT2D eigenvalue weighted by molar-refractivity contribution is -0.150. The molecular formula is C8H14O2. The van der Waals surface area contributed by atoms with E-state index >= 15 is 0 Å². The van der Waals surface area contributed by atoms with Crippen LogP contribution in [0.3, 0.4) is 0 Å². The molecule has 0 aliphatic carbocycles. The highest BCUT2D eigenvalue weighted by molar-refractivity contribution is 4.86. The van der Waals surface area contributed by atoms with Crippen LogP contribution in [0, 0.1) is 0 Å². The Morgan fingerprint density at radius 1 is 1.80 bits per heavy atom. The molecular weight excluding hydrogens is 128 g/mol. The van der Waals surface area contributed by atoms with Crippen LogP contribution in [0.4, 0.5) is 0 Å². The summed E-state index contributed by atoms with van der Waals surface area (Å²) in [5, 5.41) is 0. The average molecular weight is 142 g/mol. The molecule has 0 bridgehead atoms. The maximum absolute atomic E-state index is 5.51. The monoisotopic (exact) mass is 142 g/mol. The second-order valence-corrected chi connectivity index (χ2v) is 2.69. The maximum Gasteiger partial charge on any atom is 0.166 e. The second-order valence-electron chi connectivity index (χ2n) is 2.69. The van der Waals surface area contributed by atoms with E-state index in [0.717, 1.165) is 6.42 Å². The highest BCUT2D eigenvalue weighted by Crippen LogP contribution is 2.26. The zero-order chi connectivity index (χ0) is 7.61. The molecule has 0 aromatic rings. The van der Waals surface area contributed by atoms with Crippen molar-refractivity contribution in [3.05, 3.63) is 12.7 Å². The minimum atomic E-state index is -0.362. The normalized spacial score (nSPS) is 40.0. The van der Waals surface area contributed by atoms with Gasteiger partial charge in [-0.2, -0.15) is 0 Å². The predicted molar refractivity (Wildman–Crippen MR) is 39.7 cm³/mol. The fraction of sp³-hybridized carbons (Fsp3) is 0.750. The van der Waals surface area contributed by atoms with Crippen molar-refractivity contribution in [1.82, 2.24) is 0 Å². The third kappa shape index (κ3) is 1.39. The van der Waals surface area contributed by atoms with Crippen LogP contribution in [0.25, 0.3) is 0 Å². The third-order valence-electron chi connectivity index (χ3n) is 1.86. The van der Waals surface area contributed by atoms with E-state index in [0.29, 0.717) is 6.61 Å². The van der Waals surface area contributed by atoms with Crippen molar-refractivity contribution in [2.45, 2.75) is 32.2 Å². The Bertz CT molecular complexity index is 133. The average Bonchev–Trinajstić information content (AvgIpc) is 2.33. The molecule has 2 unspecified atom stereocenters. The molecule has 2 atom stereocenters. The lowest BCUT2D eigenvalue weighted by atomic mass is 10.2. The molecule has 0 N–H and O–H groups in total. The molecule has 2 nitrogen and oxygen atoms in total. The highest BCUT2D eigenvalue weighted by atomic mass is 16.7. The summed E-state index contributed by atoms with van der Waals surface area (Å²) in [7, 11) is 0. The molecule has 0 aromatic heterocycles. The Morgan fingerprint density at radius 2 is 2.50 bits per heavy atom. The van der Waals surface area contributed by atoms with Crippen molar-refractivity contribution in [2.75, 3.05) is 6.61 Å². The van der Waals surface area contributed by atoms with E-state index in [4.69, 9.17) is 9.47 Å². The Balaban J connectivity index is 2.48. The summed E-state index contributed by atoms with van der Waals surface area (Å²) in [6, 6.07) is 0. The van der Waals surface area contributed by atoms with Crippen LogP contribution < -0.4 is 0 Å². The lowest BCUT2D eigenvalue weighted by Crippen LogP contribution is -2.24. The Morgan fingerprint density at radius 3 is 2.80 bits per heavy atom. The summed E-state index contributed by atoms with van der Waals surface area (Å²) < 4.78 is 10.9. The van der Waals surface area contributed by atoms with Gasteiger partial charge in [0.15, 0.2) is 5.79 Å². The van der Waals surface area contributed by atoms with Crippen molar-refractivity contribution in [2.24, 2.45) is 0 Å². The van der Waals surface area contributed by atoms with Gasteiger partial charge in [0.2, 0.25) is 0 Å². The van der Waals surface area contributed by atoms with Gasteiger partial charge in [0.1, 0.15) is 6.10 Å². The van der Waals surface area contributed by atoms with Gasteiger partial charge in [-0.15, -0.1) is 6.58 Å². The van der Waals surface area contributed by atoms with Gasteiger partial charge in [-0.3, -0.25) is 0 Å². The summed E-state index contributed by atoms with van der Waals surface area (Å²) in [5.74, 6) is -0.362. The maximum atomic E-state index is 5.51. The predicted octanol–water partition coefficient (Wildman–Crippen LogP) is 1.71. The standard InChI is InChI=1S/C8H14O2/c1-4-7-6-9-8(3,5-2)10-7/h4,7H,1,5-6H2,2-3H3. The lowest BCUT2D eigenvalue weighted by Gasteiger charge is -2.20. The first-order valence-corrected chi connectivity index (χ1v) is 3.64. The molecule has 0 spiro atoms. The van der Waals surface area contributed by atoms with Gasteiger partial charge in [0, 0.05) is 0 Å². The number of rotatable bonds is 2. The quantitative estimate of drug-likeness (QED) is 0.546. The van der Waals surface area contributed by atoms with Gasteiger partial charge in [0.25, 0.3) is 0 Å². The van der Waals surface area contributed by atoms with Crippen LogP contribution in [-0.2, 0) is 9.47 Å². The minimum Gasteiger partial charge on any atom is -0.347 e. The molecule has 2 heteroatoms. The molecule has 1 rings (SSSR count). The highest BCUT2D eigenvalue weighted by Gasteiger charge is 2.33. The van der Waals surface area contributed by atoms with E-state index in [1.807, 2.05) is 13.8 Å². The van der Waals surface area contributed by atoms with E-state index < -0.39 is 0 Å². The largest absolute Gasteiger partial charge is 0.347 e. The van der Waals surface area contributed by atoms with E-state index in [1.54, 1.807) is 6.08 Å². The molecule has 1 saturated heterocycles. The molecule has 1 aliphatic rings. The van der Waals surface area contributed by atoms with E-state index in [9.17, 15) is 0 Å². The zero-order valence-corrected chi connectivity index (χ0v) is 6.59. The smallest absolute Gasteiger partial charge is 0.166 e. The number of ether oxygens (including phenoxy) is 2. The number of hydrogen-bond donors (Lipinski definition) is 0. The van der Waals surface area contributed by atoms with Gasteiger partial charge < -0.3 is 9.47 Å². The Labute approximate surface area is 61.8 Å². The first-order valence-electron chi connectivity index (χ1n) is 3.64. The van der Waals surface area contributed by atoms with Gasteiger partial charge in [0.05, 0.1) is 6.61 Å². The third-order valence-corrected chi connectivity index (χ3v) is 1.86. The molecule has 58 valence electrons. The van der Waals surface area contributed by atoms with Crippen LogP contribution in [-0.4, -0.2) is 18.5 Å². The Hall–Kier alpha value is -0.340. The van der Waals surface area contributed by atoms with Crippen molar-refractivity contribution < 1.29 is 9.47 Å². The summed E-state index contributed by atoms with van der Waals surface area (Å²) in [4.78, 5) is 0. The molecule has 0 saturated carbocycles. The zero-order valence-electron chi connectivity index (χ0n) is 6.59. The van der Waals surface area contributed by atoms with Gasteiger partial charge >= 0.3 is 0 Å². The van der Waals surface area contributed by atoms with Gasteiger partial charge in [-0.05, 0) is 13.3 Å². The first-order chi connectivity index (χ1) is 4.70. The molecule has 0 radical (unpaired) electrons. The van der Waals surface area contributed by atoms with Crippen molar-refractivity contribution >= 4 is 0 Å². The van der Waals surface area contributed by atoms with Crippen molar-refractivity contribution in [3.63, 3.8) is 0 Å². The van der Waals surface area contributed by atoms with Crippen LogP contribution in [0.5, 0.6) is 0 Å². The van der Waals surface area contributed by atoms with Crippen molar-refractivity contribution in [1.29, 1.82) is 0 Å². The van der Waals surface area contributed by atoms with Gasteiger partial charge in [-0.1, -0.05) is 13.0 Å². The minimum absolute atomic E-state index is 0.0879. The fourth-order valence-corrected chi connectivity index (χ4v) is 0.948. The molecule has 1 heterocycles. The fourth-order valence-electron chi connectivity index (χ4n) is 0.948. The topological polar surface area (TPSA) is 18.5 Å². The van der Waals surface area contributed by atoms with Crippen LogP contribution >= 0.6 is 0 Å². The second kappa shape index (κ2) is 2.72. The summed E-state index contributed by atoms with van der Waals surface area (Å²) in [6.45, 7) is 8.29. The summed E-state index contributed by atoms with van der Waals surface area (Å²) in [5.41, 5.74) is 0. The van der Waals surface area contributed by atoms with E-state index in [2.05, 4.69) is 6.58 Å². The number of hydrogen-bond acceptors (Lipinski definition) is 2. The van der Waals surface area contributed by atoms with Crippen LogP contribution in [0.15, 0.2) is 12.7 Å². The molecule has 0 aromatic carbocycles. The SMILES string of the molecule is C=CC1COC(C)(CC)O1. The van der Waals surface area contributed by atoms with E-state index in [-0.39, 0.29) is 11.9 Å². The van der Waals surface area contributed by atoms with E-state index in [1.165, 1.54) is 0 Å². The summed E-state index contributed by atoms with van der Waals surface area (Å²) in [6.07, 6.45) is 2.75. The van der Waals surface area contributed by atoms with Crippen LogP contribution in [0.1, 0.15) is 20.3 Å². The molecule has 1 fully saturated rings. The summed E-state index contributed by atoms with van der Waals surface area (Å²) >= 11 is 0. The van der Waals surface area contributed by atoms with Crippen LogP contribution in [0.2, 0.25) is 0 Å². The Kier molecular flexibility index (Phi) is 2.11. The van der Waals surface area contributed by atoms with Crippen molar-refractivity contribution in [3.8, 4) is 0 Å². The molecule has 10 heavy (non-hydrogen) atoms. The van der Waals surface area contributed by atoms with Gasteiger partial charge in [-0.25, -0.2) is 0 Å². The first kappa shape index (κ1) is 7.76.